The van der Waals surface area contributed by atoms with Crippen molar-refractivity contribution in [2.75, 3.05) is 7.05 Å². The van der Waals surface area contributed by atoms with E-state index in [2.05, 4.69) is 6.92 Å². The number of sulfonamides is 1. The van der Waals surface area contributed by atoms with Gasteiger partial charge in [-0.2, -0.15) is 9.57 Å². The molecule has 0 aliphatic heterocycles. The average Bonchev–Trinajstić information content (AvgIpc) is 2.47. The minimum Gasteiger partial charge on any atom is -0.207 e. The summed E-state index contributed by atoms with van der Waals surface area (Å²) in [6, 6.07) is 6.22. The Hall–Kier alpha value is -1.09. The Labute approximate surface area is 131 Å². The molecule has 1 aromatic carbocycles. The molecule has 1 aromatic rings. The van der Waals surface area contributed by atoms with Gasteiger partial charge in [-0.25, -0.2) is 8.42 Å². The van der Waals surface area contributed by atoms with Crippen molar-refractivity contribution >= 4 is 21.6 Å². The van der Waals surface area contributed by atoms with E-state index in [0.717, 1.165) is 25.7 Å². The van der Waals surface area contributed by atoms with Gasteiger partial charge in [-0.15, -0.1) is 0 Å². The fourth-order valence-corrected chi connectivity index (χ4v) is 4.72. The highest BCUT2D eigenvalue weighted by molar-refractivity contribution is 7.89. The third-order valence-electron chi connectivity index (χ3n) is 4.27. The standard InChI is InChI=1S/C15H19ClN2O2S/c1-11-5-3-4-6-15(11)18(2)21(19,20)13-8-7-12(10-17)14(16)9-13/h7-9,11,15H,3-6H2,1-2H3. The maximum absolute atomic E-state index is 12.7. The first-order valence-corrected chi connectivity index (χ1v) is 8.87. The largest absolute Gasteiger partial charge is 0.243 e. The molecule has 114 valence electrons. The zero-order valence-electron chi connectivity index (χ0n) is 12.2. The highest BCUT2D eigenvalue weighted by Crippen LogP contribution is 2.31. The lowest BCUT2D eigenvalue weighted by Crippen LogP contribution is -2.42. The second kappa shape index (κ2) is 6.35. The SMILES string of the molecule is CC1CCCCC1N(C)S(=O)(=O)c1ccc(C#N)c(Cl)c1. The summed E-state index contributed by atoms with van der Waals surface area (Å²) >= 11 is 5.95. The van der Waals surface area contributed by atoms with Crippen LogP contribution >= 0.6 is 11.6 Å². The fourth-order valence-electron chi connectivity index (χ4n) is 2.93. The normalized spacial score (nSPS) is 23.0. The van der Waals surface area contributed by atoms with Crippen LogP contribution in [-0.2, 0) is 10.0 Å². The van der Waals surface area contributed by atoms with Gasteiger partial charge in [0.15, 0.2) is 0 Å². The molecule has 21 heavy (non-hydrogen) atoms. The molecule has 0 bridgehead atoms. The summed E-state index contributed by atoms with van der Waals surface area (Å²) in [4.78, 5) is 0.145. The summed E-state index contributed by atoms with van der Waals surface area (Å²) in [5, 5.41) is 9.04. The molecule has 1 aliphatic rings. The van der Waals surface area contributed by atoms with Gasteiger partial charge < -0.3 is 0 Å². The van der Waals surface area contributed by atoms with Gasteiger partial charge in [-0.05, 0) is 37.0 Å². The van der Waals surface area contributed by atoms with Crippen molar-refractivity contribution in [3.05, 3.63) is 28.8 Å². The van der Waals surface area contributed by atoms with Crippen LogP contribution in [0.5, 0.6) is 0 Å². The number of rotatable bonds is 3. The number of halogens is 1. The summed E-state index contributed by atoms with van der Waals surface area (Å²) in [5.74, 6) is 0.354. The van der Waals surface area contributed by atoms with Gasteiger partial charge in [0.1, 0.15) is 6.07 Å². The molecule has 0 heterocycles. The van der Waals surface area contributed by atoms with Gasteiger partial charge in [0, 0.05) is 13.1 Å². The number of hydrogen-bond donors (Lipinski definition) is 0. The first-order valence-electron chi connectivity index (χ1n) is 7.05. The van der Waals surface area contributed by atoms with Crippen LogP contribution in [-0.4, -0.2) is 25.8 Å². The van der Waals surface area contributed by atoms with E-state index in [0.29, 0.717) is 5.92 Å². The van der Waals surface area contributed by atoms with E-state index in [-0.39, 0.29) is 21.5 Å². The topological polar surface area (TPSA) is 61.2 Å². The summed E-state index contributed by atoms with van der Waals surface area (Å²) in [7, 11) is -1.95. The zero-order valence-corrected chi connectivity index (χ0v) is 13.8. The Morgan fingerprint density at radius 3 is 2.57 bits per heavy atom. The highest BCUT2D eigenvalue weighted by atomic mass is 35.5. The average molecular weight is 327 g/mol. The molecule has 2 rings (SSSR count). The van der Waals surface area contributed by atoms with Crippen molar-refractivity contribution < 1.29 is 8.42 Å². The van der Waals surface area contributed by atoms with Gasteiger partial charge in [0.05, 0.1) is 15.5 Å². The highest BCUT2D eigenvalue weighted by Gasteiger charge is 2.33. The van der Waals surface area contributed by atoms with E-state index >= 15 is 0 Å². The first-order chi connectivity index (χ1) is 9.87. The second-order valence-corrected chi connectivity index (χ2v) is 8.01. The predicted octanol–water partition coefficient (Wildman–Crippen LogP) is 3.41. The minimum atomic E-state index is -3.58. The molecule has 0 radical (unpaired) electrons. The van der Waals surface area contributed by atoms with E-state index < -0.39 is 10.0 Å². The maximum Gasteiger partial charge on any atom is 0.243 e. The van der Waals surface area contributed by atoms with Crippen LogP contribution < -0.4 is 0 Å². The Balaban J connectivity index is 2.33. The van der Waals surface area contributed by atoms with Crippen LogP contribution in [0.3, 0.4) is 0 Å². The molecule has 0 spiro atoms. The summed E-state index contributed by atoms with van der Waals surface area (Å²) < 4.78 is 26.9. The van der Waals surface area contributed by atoms with Crippen molar-refractivity contribution in [3.63, 3.8) is 0 Å². The lowest BCUT2D eigenvalue weighted by atomic mass is 9.86. The van der Waals surface area contributed by atoms with Gasteiger partial charge >= 0.3 is 0 Å². The Morgan fingerprint density at radius 1 is 1.33 bits per heavy atom. The van der Waals surface area contributed by atoms with Gasteiger partial charge in [0.25, 0.3) is 0 Å². The molecule has 6 heteroatoms. The van der Waals surface area contributed by atoms with Crippen molar-refractivity contribution in [3.8, 4) is 6.07 Å². The van der Waals surface area contributed by atoms with Crippen LogP contribution in [0.1, 0.15) is 38.2 Å². The Morgan fingerprint density at radius 2 is 2.00 bits per heavy atom. The second-order valence-electron chi connectivity index (χ2n) is 5.60. The lowest BCUT2D eigenvalue weighted by Gasteiger charge is -2.35. The van der Waals surface area contributed by atoms with Crippen molar-refractivity contribution in [1.29, 1.82) is 5.26 Å². The monoisotopic (exact) mass is 326 g/mol. The van der Waals surface area contributed by atoms with Crippen molar-refractivity contribution in [1.82, 2.24) is 4.31 Å². The molecule has 0 amide bonds. The predicted molar refractivity (Wildman–Crippen MR) is 82.5 cm³/mol. The lowest BCUT2D eigenvalue weighted by molar-refractivity contribution is 0.213. The molecule has 2 unspecified atom stereocenters. The van der Waals surface area contributed by atoms with E-state index in [1.165, 1.54) is 22.5 Å². The van der Waals surface area contributed by atoms with Gasteiger partial charge in [-0.1, -0.05) is 31.4 Å². The molecule has 1 fully saturated rings. The number of hydrogen-bond acceptors (Lipinski definition) is 3. The third-order valence-corrected chi connectivity index (χ3v) is 6.46. The van der Waals surface area contributed by atoms with E-state index in [1.54, 1.807) is 7.05 Å². The first kappa shape index (κ1) is 16.3. The molecular weight excluding hydrogens is 308 g/mol. The molecule has 1 saturated carbocycles. The Kier molecular flexibility index (Phi) is 4.92. The number of nitrogens with zero attached hydrogens (tertiary/aromatic N) is 2. The van der Waals surface area contributed by atoms with Crippen molar-refractivity contribution in [2.45, 2.75) is 43.5 Å². The van der Waals surface area contributed by atoms with Crippen LogP contribution in [0.25, 0.3) is 0 Å². The van der Waals surface area contributed by atoms with Crippen LogP contribution in [0.4, 0.5) is 0 Å². The third kappa shape index (κ3) is 3.23. The Bertz CT molecular complexity index is 667. The molecule has 2 atom stereocenters. The number of nitriles is 1. The summed E-state index contributed by atoms with van der Waals surface area (Å²) in [5.41, 5.74) is 0.282. The number of benzene rings is 1. The van der Waals surface area contributed by atoms with Crippen LogP contribution in [0, 0.1) is 17.2 Å². The quantitative estimate of drug-likeness (QED) is 0.855. The van der Waals surface area contributed by atoms with Crippen molar-refractivity contribution in [2.24, 2.45) is 5.92 Å². The molecule has 0 aromatic heterocycles. The minimum absolute atomic E-state index is 0.0261. The summed E-state index contributed by atoms with van der Waals surface area (Å²) in [6.07, 6.45) is 4.16. The van der Waals surface area contributed by atoms with Gasteiger partial charge in [-0.3, -0.25) is 0 Å². The fraction of sp³-hybridized carbons (Fsp3) is 0.533. The molecule has 0 saturated heterocycles. The molecule has 0 N–H and O–H groups in total. The van der Waals surface area contributed by atoms with E-state index in [4.69, 9.17) is 16.9 Å². The molecular formula is C15H19ClN2O2S. The van der Waals surface area contributed by atoms with Crippen LogP contribution in [0.2, 0.25) is 5.02 Å². The molecule has 1 aliphatic carbocycles. The molecule has 4 nitrogen and oxygen atoms in total. The maximum atomic E-state index is 12.7. The van der Waals surface area contributed by atoms with E-state index in [1.807, 2.05) is 6.07 Å². The smallest absolute Gasteiger partial charge is 0.207 e. The zero-order chi connectivity index (χ0) is 15.6. The summed E-state index contributed by atoms with van der Waals surface area (Å²) in [6.45, 7) is 2.10. The van der Waals surface area contributed by atoms with Crippen LogP contribution in [0.15, 0.2) is 23.1 Å². The van der Waals surface area contributed by atoms with E-state index in [9.17, 15) is 8.42 Å². The van der Waals surface area contributed by atoms with Gasteiger partial charge in [0.2, 0.25) is 10.0 Å².